The SMILES string of the molecule is Cc1cc(-c2ccccc2)nc2cc(N)ccc12. The van der Waals surface area contributed by atoms with Gasteiger partial charge in [0.15, 0.2) is 0 Å². The summed E-state index contributed by atoms with van der Waals surface area (Å²) in [5.41, 5.74) is 10.9. The number of nitrogens with two attached hydrogens (primary N) is 1. The van der Waals surface area contributed by atoms with E-state index >= 15 is 0 Å². The summed E-state index contributed by atoms with van der Waals surface area (Å²) >= 11 is 0. The summed E-state index contributed by atoms with van der Waals surface area (Å²) in [6.07, 6.45) is 0. The number of hydrogen-bond acceptors (Lipinski definition) is 2. The minimum absolute atomic E-state index is 0.750. The summed E-state index contributed by atoms with van der Waals surface area (Å²) in [6, 6.07) is 18.2. The molecule has 0 saturated heterocycles. The second kappa shape index (κ2) is 4.15. The Hall–Kier alpha value is -2.35. The summed E-state index contributed by atoms with van der Waals surface area (Å²) in [7, 11) is 0. The first-order valence-electron chi connectivity index (χ1n) is 5.96. The lowest BCUT2D eigenvalue weighted by Crippen LogP contribution is -1.91. The number of fused-ring (bicyclic) bond motifs is 1. The van der Waals surface area contributed by atoms with Crippen molar-refractivity contribution in [3.05, 3.63) is 60.2 Å². The zero-order valence-electron chi connectivity index (χ0n) is 10.2. The van der Waals surface area contributed by atoms with Crippen molar-refractivity contribution < 1.29 is 0 Å². The molecule has 0 aliphatic carbocycles. The normalized spacial score (nSPS) is 10.7. The van der Waals surface area contributed by atoms with Gasteiger partial charge in [0.25, 0.3) is 0 Å². The third kappa shape index (κ3) is 1.82. The monoisotopic (exact) mass is 234 g/mol. The lowest BCUT2D eigenvalue weighted by atomic mass is 10.0. The Morgan fingerprint density at radius 2 is 1.72 bits per heavy atom. The highest BCUT2D eigenvalue weighted by atomic mass is 14.7. The molecule has 0 unspecified atom stereocenters. The molecule has 0 aliphatic heterocycles. The molecule has 2 aromatic carbocycles. The second-order valence-electron chi connectivity index (χ2n) is 4.47. The third-order valence-electron chi connectivity index (χ3n) is 3.11. The number of nitrogen functional groups attached to an aromatic ring is 1. The Morgan fingerprint density at radius 1 is 0.944 bits per heavy atom. The maximum atomic E-state index is 5.82. The number of anilines is 1. The first kappa shape index (κ1) is 10.8. The van der Waals surface area contributed by atoms with E-state index in [0.29, 0.717) is 0 Å². The van der Waals surface area contributed by atoms with Crippen LogP contribution >= 0.6 is 0 Å². The van der Waals surface area contributed by atoms with E-state index in [1.807, 2.05) is 36.4 Å². The highest BCUT2D eigenvalue weighted by molar-refractivity contribution is 5.87. The molecule has 0 atom stereocenters. The number of nitrogens with zero attached hydrogens (tertiary/aromatic N) is 1. The lowest BCUT2D eigenvalue weighted by molar-refractivity contribution is 1.36. The topological polar surface area (TPSA) is 38.9 Å². The van der Waals surface area contributed by atoms with E-state index in [1.165, 1.54) is 5.56 Å². The van der Waals surface area contributed by atoms with Crippen LogP contribution < -0.4 is 5.73 Å². The third-order valence-corrected chi connectivity index (χ3v) is 3.11. The fraction of sp³-hybridized carbons (Fsp3) is 0.0625. The van der Waals surface area contributed by atoms with Gasteiger partial charge in [0.1, 0.15) is 0 Å². The van der Waals surface area contributed by atoms with Crippen molar-refractivity contribution in [3.8, 4) is 11.3 Å². The van der Waals surface area contributed by atoms with Crippen molar-refractivity contribution in [1.29, 1.82) is 0 Å². The smallest absolute Gasteiger partial charge is 0.0732 e. The van der Waals surface area contributed by atoms with Gasteiger partial charge >= 0.3 is 0 Å². The van der Waals surface area contributed by atoms with Crippen LogP contribution in [0.5, 0.6) is 0 Å². The van der Waals surface area contributed by atoms with E-state index in [2.05, 4.69) is 30.1 Å². The zero-order valence-corrected chi connectivity index (χ0v) is 10.2. The molecule has 3 rings (SSSR count). The highest BCUT2D eigenvalue weighted by Crippen LogP contribution is 2.25. The molecule has 2 heteroatoms. The van der Waals surface area contributed by atoms with E-state index in [1.54, 1.807) is 0 Å². The van der Waals surface area contributed by atoms with Gasteiger partial charge in [0.2, 0.25) is 0 Å². The molecule has 0 fully saturated rings. The van der Waals surface area contributed by atoms with Gasteiger partial charge in [-0.25, -0.2) is 4.98 Å². The summed E-state index contributed by atoms with van der Waals surface area (Å²) in [4.78, 5) is 4.69. The maximum Gasteiger partial charge on any atom is 0.0732 e. The Kier molecular flexibility index (Phi) is 2.49. The van der Waals surface area contributed by atoms with E-state index in [-0.39, 0.29) is 0 Å². The molecule has 0 spiro atoms. The van der Waals surface area contributed by atoms with E-state index in [9.17, 15) is 0 Å². The van der Waals surface area contributed by atoms with Crippen LogP contribution in [0.1, 0.15) is 5.56 Å². The average molecular weight is 234 g/mol. The molecular formula is C16H14N2. The van der Waals surface area contributed by atoms with Crippen molar-refractivity contribution >= 4 is 16.6 Å². The van der Waals surface area contributed by atoms with Crippen LogP contribution in [0.2, 0.25) is 0 Å². The summed E-state index contributed by atoms with van der Waals surface area (Å²) in [5, 5.41) is 1.16. The van der Waals surface area contributed by atoms with E-state index in [4.69, 9.17) is 5.73 Å². The van der Waals surface area contributed by atoms with Crippen LogP contribution in [-0.4, -0.2) is 4.98 Å². The van der Waals surface area contributed by atoms with Crippen LogP contribution in [0.3, 0.4) is 0 Å². The quantitative estimate of drug-likeness (QED) is 0.650. The molecule has 0 amide bonds. The Morgan fingerprint density at radius 3 is 2.50 bits per heavy atom. The Labute approximate surface area is 106 Å². The van der Waals surface area contributed by atoms with Crippen LogP contribution in [0.15, 0.2) is 54.6 Å². The minimum Gasteiger partial charge on any atom is -0.399 e. The molecule has 3 aromatic rings. The summed E-state index contributed by atoms with van der Waals surface area (Å²) in [5.74, 6) is 0. The lowest BCUT2D eigenvalue weighted by Gasteiger charge is -2.07. The summed E-state index contributed by atoms with van der Waals surface area (Å²) < 4.78 is 0. The predicted octanol–water partition coefficient (Wildman–Crippen LogP) is 3.79. The fourth-order valence-electron chi connectivity index (χ4n) is 2.18. The van der Waals surface area contributed by atoms with Crippen molar-refractivity contribution in [1.82, 2.24) is 4.98 Å². The molecule has 0 bridgehead atoms. The van der Waals surface area contributed by atoms with Crippen LogP contribution in [0.4, 0.5) is 5.69 Å². The second-order valence-corrected chi connectivity index (χ2v) is 4.47. The van der Waals surface area contributed by atoms with E-state index < -0.39 is 0 Å². The maximum absolute atomic E-state index is 5.82. The number of hydrogen-bond donors (Lipinski definition) is 1. The standard InChI is InChI=1S/C16H14N2/c1-11-9-15(12-5-3-2-4-6-12)18-16-10-13(17)7-8-14(11)16/h2-10H,17H2,1H3. The van der Waals surface area contributed by atoms with Gasteiger partial charge < -0.3 is 5.73 Å². The van der Waals surface area contributed by atoms with Gasteiger partial charge in [0.05, 0.1) is 11.2 Å². The fourth-order valence-corrected chi connectivity index (χ4v) is 2.18. The molecule has 0 radical (unpaired) electrons. The molecule has 0 aliphatic rings. The van der Waals surface area contributed by atoms with Crippen molar-refractivity contribution in [2.24, 2.45) is 0 Å². The first-order valence-corrected chi connectivity index (χ1v) is 5.96. The van der Waals surface area contributed by atoms with Crippen molar-refractivity contribution in [3.63, 3.8) is 0 Å². The van der Waals surface area contributed by atoms with Gasteiger partial charge in [-0.3, -0.25) is 0 Å². The van der Waals surface area contributed by atoms with E-state index in [0.717, 1.165) is 27.8 Å². The molecule has 1 heterocycles. The van der Waals surface area contributed by atoms with Gasteiger partial charge in [-0.2, -0.15) is 0 Å². The van der Waals surface area contributed by atoms with Gasteiger partial charge in [-0.05, 0) is 30.7 Å². The molecule has 1 aromatic heterocycles. The van der Waals surface area contributed by atoms with Crippen molar-refractivity contribution in [2.75, 3.05) is 5.73 Å². The molecule has 0 saturated carbocycles. The Bertz CT molecular complexity index is 703. The highest BCUT2D eigenvalue weighted by Gasteiger charge is 2.04. The predicted molar refractivity (Wildman–Crippen MR) is 76.3 cm³/mol. The van der Waals surface area contributed by atoms with Crippen LogP contribution in [0, 0.1) is 6.92 Å². The first-order chi connectivity index (χ1) is 8.74. The number of aromatic nitrogens is 1. The van der Waals surface area contributed by atoms with Crippen LogP contribution in [0.25, 0.3) is 22.2 Å². The molecule has 2 N–H and O–H groups in total. The average Bonchev–Trinajstić information content (AvgIpc) is 2.39. The molecular weight excluding hydrogens is 220 g/mol. The van der Waals surface area contributed by atoms with Crippen molar-refractivity contribution in [2.45, 2.75) is 6.92 Å². The number of rotatable bonds is 1. The van der Waals surface area contributed by atoms with Gasteiger partial charge in [-0.15, -0.1) is 0 Å². The summed E-state index contributed by atoms with van der Waals surface area (Å²) in [6.45, 7) is 2.10. The Balaban J connectivity index is 2.27. The van der Waals surface area contributed by atoms with Gasteiger partial charge in [0, 0.05) is 16.6 Å². The largest absolute Gasteiger partial charge is 0.399 e. The number of aryl methyl sites for hydroxylation is 1. The molecule has 2 nitrogen and oxygen atoms in total. The van der Waals surface area contributed by atoms with Crippen LogP contribution in [-0.2, 0) is 0 Å². The number of pyridine rings is 1. The molecule has 18 heavy (non-hydrogen) atoms. The number of benzene rings is 2. The zero-order chi connectivity index (χ0) is 12.5. The molecule has 88 valence electrons. The minimum atomic E-state index is 0.750. The van der Waals surface area contributed by atoms with Gasteiger partial charge in [-0.1, -0.05) is 36.4 Å².